The molecule has 90 valence electrons. The predicted molar refractivity (Wildman–Crippen MR) is 62.7 cm³/mol. The Morgan fingerprint density at radius 3 is 2.38 bits per heavy atom. The smallest absolute Gasteiger partial charge is 0.225 e. The molecule has 4 heteroatoms. The summed E-state index contributed by atoms with van der Waals surface area (Å²) in [6.07, 6.45) is 1.80. The van der Waals surface area contributed by atoms with Gasteiger partial charge in [0.25, 0.3) is 0 Å². The van der Waals surface area contributed by atoms with Crippen LogP contribution in [0.5, 0.6) is 0 Å². The van der Waals surface area contributed by atoms with Crippen LogP contribution in [0.25, 0.3) is 0 Å². The lowest BCUT2D eigenvalue weighted by atomic mass is 9.95. The summed E-state index contributed by atoms with van der Waals surface area (Å²) in [7, 11) is 0. The average molecular weight is 223 g/mol. The highest BCUT2D eigenvalue weighted by Gasteiger charge is 2.27. The van der Waals surface area contributed by atoms with E-state index >= 15 is 0 Å². The van der Waals surface area contributed by atoms with E-state index in [9.17, 15) is 4.79 Å². The van der Waals surface area contributed by atoms with Crippen LogP contribution in [0, 0.1) is 17.2 Å². The molecule has 0 bridgehead atoms. The Morgan fingerprint density at radius 2 is 1.94 bits per heavy atom. The minimum atomic E-state index is 0.176. The minimum absolute atomic E-state index is 0.176. The molecule has 1 rings (SSSR count). The lowest BCUT2D eigenvalue weighted by Crippen LogP contribution is -2.42. The van der Waals surface area contributed by atoms with Crippen LogP contribution in [0.1, 0.15) is 26.7 Å². The number of carbonyl (C=O) groups is 1. The molecule has 1 heterocycles. The van der Waals surface area contributed by atoms with E-state index in [2.05, 4.69) is 11.0 Å². The fourth-order valence-corrected chi connectivity index (χ4v) is 2.23. The van der Waals surface area contributed by atoms with Gasteiger partial charge >= 0.3 is 0 Å². The molecular formula is C12H21N3O. The van der Waals surface area contributed by atoms with E-state index in [0.717, 1.165) is 39.0 Å². The van der Waals surface area contributed by atoms with Gasteiger partial charge in [-0.1, -0.05) is 0 Å². The monoisotopic (exact) mass is 223 g/mol. The first kappa shape index (κ1) is 13.0. The quantitative estimate of drug-likeness (QED) is 0.670. The Balaban J connectivity index is 2.41. The van der Waals surface area contributed by atoms with Crippen LogP contribution in [-0.2, 0) is 4.79 Å². The van der Waals surface area contributed by atoms with Crippen molar-refractivity contribution >= 4 is 5.91 Å². The summed E-state index contributed by atoms with van der Waals surface area (Å²) in [6.45, 7) is 7.89. The topological polar surface area (TPSA) is 47.3 Å². The second kappa shape index (κ2) is 6.49. The van der Waals surface area contributed by atoms with Crippen molar-refractivity contribution in [1.29, 1.82) is 5.26 Å². The van der Waals surface area contributed by atoms with Gasteiger partial charge in [0.05, 0.1) is 12.6 Å². The summed E-state index contributed by atoms with van der Waals surface area (Å²) in [5.41, 5.74) is 0. The second-order valence-electron chi connectivity index (χ2n) is 4.22. The van der Waals surface area contributed by atoms with Gasteiger partial charge in [0.1, 0.15) is 0 Å². The van der Waals surface area contributed by atoms with Gasteiger partial charge in [0.2, 0.25) is 5.91 Å². The van der Waals surface area contributed by atoms with Crippen molar-refractivity contribution in [3.63, 3.8) is 0 Å². The van der Waals surface area contributed by atoms with Crippen molar-refractivity contribution in [2.75, 3.05) is 32.7 Å². The van der Waals surface area contributed by atoms with Gasteiger partial charge < -0.3 is 4.90 Å². The second-order valence-corrected chi connectivity index (χ2v) is 4.22. The van der Waals surface area contributed by atoms with Gasteiger partial charge in [-0.2, -0.15) is 5.26 Å². The van der Waals surface area contributed by atoms with Gasteiger partial charge in [-0.25, -0.2) is 0 Å². The largest absolute Gasteiger partial charge is 0.343 e. The van der Waals surface area contributed by atoms with Crippen LogP contribution in [0.4, 0.5) is 0 Å². The summed E-state index contributed by atoms with van der Waals surface area (Å²) in [4.78, 5) is 16.1. The highest BCUT2D eigenvalue weighted by atomic mass is 16.2. The summed E-state index contributed by atoms with van der Waals surface area (Å²) < 4.78 is 0. The van der Waals surface area contributed by atoms with Crippen molar-refractivity contribution in [2.24, 2.45) is 5.92 Å². The first-order valence-electron chi connectivity index (χ1n) is 6.11. The number of rotatable bonds is 4. The Kier molecular flexibility index (Phi) is 5.27. The molecule has 1 saturated heterocycles. The molecule has 0 aromatic heterocycles. The molecule has 1 aliphatic rings. The molecule has 1 amide bonds. The van der Waals surface area contributed by atoms with Gasteiger partial charge in [0, 0.05) is 19.0 Å². The van der Waals surface area contributed by atoms with Crippen LogP contribution in [-0.4, -0.2) is 48.4 Å². The molecule has 1 fully saturated rings. The number of likely N-dealkylation sites (tertiary alicyclic amines) is 1. The van der Waals surface area contributed by atoms with E-state index in [-0.39, 0.29) is 5.92 Å². The van der Waals surface area contributed by atoms with Gasteiger partial charge in [-0.3, -0.25) is 9.69 Å². The molecular weight excluding hydrogens is 202 g/mol. The number of hydrogen-bond donors (Lipinski definition) is 0. The maximum absolute atomic E-state index is 12.1. The van der Waals surface area contributed by atoms with Gasteiger partial charge in [-0.05, 0) is 39.8 Å². The number of nitrogens with zero attached hydrogens (tertiary/aromatic N) is 3. The fraction of sp³-hybridized carbons (Fsp3) is 0.833. The number of piperidine rings is 1. The maximum atomic E-state index is 12.1. The zero-order chi connectivity index (χ0) is 12.0. The highest BCUT2D eigenvalue weighted by molar-refractivity contribution is 5.78. The third-order valence-electron chi connectivity index (χ3n) is 3.31. The molecule has 1 aliphatic heterocycles. The number of hydrogen-bond acceptors (Lipinski definition) is 3. The lowest BCUT2D eigenvalue weighted by Gasteiger charge is -2.32. The van der Waals surface area contributed by atoms with E-state index in [1.165, 1.54) is 0 Å². The van der Waals surface area contributed by atoms with Crippen LogP contribution in [0.3, 0.4) is 0 Å². The molecule has 0 unspecified atom stereocenters. The molecule has 0 aliphatic carbocycles. The molecule has 0 saturated carbocycles. The van der Waals surface area contributed by atoms with Crippen LogP contribution in [0.15, 0.2) is 0 Å². The molecule has 0 atom stereocenters. The summed E-state index contributed by atoms with van der Waals surface area (Å²) in [5.74, 6) is 0.469. The summed E-state index contributed by atoms with van der Waals surface area (Å²) >= 11 is 0. The van der Waals surface area contributed by atoms with Crippen molar-refractivity contribution < 1.29 is 4.79 Å². The third kappa shape index (κ3) is 3.21. The molecule has 0 spiro atoms. The van der Waals surface area contributed by atoms with E-state index in [1.807, 2.05) is 18.7 Å². The maximum Gasteiger partial charge on any atom is 0.225 e. The first-order valence-corrected chi connectivity index (χ1v) is 6.11. The zero-order valence-corrected chi connectivity index (χ0v) is 10.3. The Hall–Kier alpha value is -1.08. The van der Waals surface area contributed by atoms with E-state index in [1.54, 1.807) is 0 Å². The third-order valence-corrected chi connectivity index (χ3v) is 3.31. The van der Waals surface area contributed by atoms with Crippen molar-refractivity contribution in [2.45, 2.75) is 26.7 Å². The van der Waals surface area contributed by atoms with Gasteiger partial charge in [0.15, 0.2) is 0 Å². The van der Waals surface area contributed by atoms with Crippen LogP contribution < -0.4 is 0 Å². The summed E-state index contributed by atoms with van der Waals surface area (Å²) in [5, 5.41) is 8.59. The van der Waals surface area contributed by atoms with Crippen LogP contribution in [0.2, 0.25) is 0 Å². The van der Waals surface area contributed by atoms with E-state index in [0.29, 0.717) is 12.5 Å². The van der Waals surface area contributed by atoms with Crippen LogP contribution >= 0.6 is 0 Å². The van der Waals surface area contributed by atoms with E-state index in [4.69, 9.17) is 5.26 Å². The molecule has 0 aromatic rings. The number of carbonyl (C=O) groups excluding carboxylic acids is 1. The molecule has 4 nitrogen and oxygen atoms in total. The van der Waals surface area contributed by atoms with Crippen molar-refractivity contribution in [1.82, 2.24) is 9.80 Å². The lowest BCUT2D eigenvalue weighted by molar-refractivity contribution is -0.136. The highest BCUT2D eigenvalue weighted by Crippen LogP contribution is 2.19. The number of amides is 1. The SMILES string of the molecule is CCN(CC)C(=O)C1CCN(CC#N)CC1. The van der Waals surface area contributed by atoms with Gasteiger partial charge in [-0.15, -0.1) is 0 Å². The molecule has 0 radical (unpaired) electrons. The zero-order valence-electron chi connectivity index (χ0n) is 10.3. The molecule has 0 aromatic carbocycles. The van der Waals surface area contributed by atoms with Crippen molar-refractivity contribution in [3.05, 3.63) is 0 Å². The Bertz CT molecular complexity index is 260. The summed E-state index contributed by atoms with van der Waals surface area (Å²) in [6, 6.07) is 2.16. The fourth-order valence-electron chi connectivity index (χ4n) is 2.23. The molecule has 0 N–H and O–H groups in total. The Morgan fingerprint density at radius 1 is 1.38 bits per heavy atom. The molecule has 16 heavy (non-hydrogen) atoms. The predicted octanol–water partition coefficient (Wildman–Crippen LogP) is 1.09. The Labute approximate surface area is 97.8 Å². The average Bonchev–Trinajstić information content (AvgIpc) is 2.32. The first-order chi connectivity index (χ1) is 7.72. The number of nitriles is 1. The van der Waals surface area contributed by atoms with Crippen molar-refractivity contribution in [3.8, 4) is 6.07 Å². The standard InChI is InChI=1S/C12H21N3O/c1-3-15(4-2)12(16)11-5-8-14(9-6-11)10-7-13/h11H,3-6,8-10H2,1-2H3. The normalized spacial score (nSPS) is 18.1. The van der Waals surface area contributed by atoms with E-state index < -0.39 is 0 Å². The minimum Gasteiger partial charge on any atom is -0.343 e.